The molecule has 2 heterocycles. The van der Waals surface area contributed by atoms with Gasteiger partial charge in [0, 0.05) is 44.0 Å². The Balaban J connectivity index is 1.30. The summed E-state index contributed by atoms with van der Waals surface area (Å²) in [5.74, 6) is -0.114. The maximum Gasteiger partial charge on any atom is 0.416 e. The standard InChI is InChI=1S/C31H34F3N3OS/c1-22-35-20-29(39-22)25-11-6-24(7-12-25)21-37(28-16-18-36(19-17-28)27-4-2-3-5-27)30(38)15-10-23-8-13-26(14-9-23)31(32,33)34/h6-15,20,27-28H,2-5,16-19,21H2,1H3/b15-10+. The highest BCUT2D eigenvalue weighted by Crippen LogP contribution is 2.31. The van der Waals surface area contributed by atoms with E-state index in [4.69, 9.17) is 0 Å². The zero-order valence-electron chi connectivity index (χ0n) is 22.2. The van der Waals surface area contributed by atoms with Crippen LogP contribution in [-0.4, -0.2) is 45.9 Å². The van der Waals surface area contributed by atoms with Gasteiger partial charge in [0.2, 0.25) is 5.91 Å². The molecule has 1 aliphatic heterocycles. The van der Waals surface area contributed by atoms with Crippen molar-refractivity contribution < 1.29 is 18.0 Å². The lowest BCUT2D eigenvalue weighted by Gasteiger charge is -2.40. The van der Waals surface area contributed by atoms with Gasteiger partial charge in [-0.3, -0.25) is 4.79 Å². The molecule has 1 saturated heterocycles. The van der Waals surface area contributed by atoms with Crippen LogP contribution >= 0.6 is 11.3 Å². The number of carbonyl (C=O) groups excluding carboxylic acids is 1. The van der Waals surface area contributed by atoms with E-state index in [2.05, 4.69) is 34.1 Å². The van der Waals surface area contributed by atoms with Gasteiger partial charge in [0.25, 0.3) is 0 Å². The number of amides is 1. The molecule has 4 nitrogen and oxygen atoms in total. The number of alkyl halides is 3. The Bertz CT molecular complexity index is 1270. The number of thiazole rings is 1. The summed E-state index contributed by atoms with van der Waals surface area (Å²) in [4.78, 5) is 23.5. The molecule has 0 radical (unpaired) electrons. The van der Waals surface area contributed by atoms with E-state index in [1.165, 1.54) is 43.9 Å². The Labute approximate surface area is 232 Å². The predicted octanol–water partition coefficient (Wildman–Crippen LogP) is 7.59. The van der Waals surface area contributed by atoms with Crippen LogP contribution in [0.2, 0.25) is 0 Å². The molecular weight excluding hydrogens is 519 g/mol. The van der Waals surface area contributed by atoms with Crippen LogP contribution in [0.3, 0.4) is 0 Å². The van der Waals surface area contributed by atoms with Gasteiger partial charge in [0.15, 0.2) is 0 Å². The first-order chi connectivity index (χ1) is 18.8. The van der Waals surface area contributed by atoms with Crippen LogP contribution in [0.1, 0.15) is 60.2 Å². The van der Waals surface area contributed by atoms with Gasteiger partial charge in [-0.05, 0) is 67.5 Å². The van der Waals surface area contributed by atoms with Gasteiger partial charge in [-0.1, -0.05) is 49.2 Å². The minimum Gasteiger partial charge on any atom is -0.332 e. The van der Waals surface area contributed by atoms with E-state index in [1.54, 1.807) is 17.4 Å². The van der Waals surface area contributed by atoms with Crippen molar-refractivity contribution in [3.05, 3.63) is 82.5 Å². The van der Waals surface area contributed by atoms with E-state index in [0.717, 1.165) is 59.1 Å². The third-order valence-electron chi connectivity index (χ3n) is 7.93. The maximum atomic E-state index is 13.5. The first-order valence-corrected chi connectivity index (χ1v) is 14.5. The number of hydrogen-bond acceptors (Lipinski definition) is 4. The quantitative estimate of drug-likeness (QED) is 0.283. The largest absolute Gasteiger partial charge is 0.416 e. The molecule has 2 fully saturated rings. The maximum absolute atomic E-state index is 13.5. The molecule has 0 spiro atoms. The van der Waals surface area contributed by atoms with E-state index in [0.29, 0.717) is 18.2 Å². The predicted molar refractivity (Wildman–Crippen MR) is 150 cm³/mol. The Morgan fingerprint density at radius 1 is 1.03 bits per heavy atom. The Morgan fingerprint density at radius 2 is 1.69 bits per heavy atom. The molecule has 1 amide bonds. The number of aryl methyl sites for hydroxylation is 1. The highest BCUT2D eigenvalue weighted by Gasteiger charge is 2.32. The summed E-state index contributed by atoms with van der Waals surface area (Å²) in [7, 11) is 0. The number of rotatable bonds is 7. The average molecular weight is 554 g/mol. The highest BCUT2D eigenvalue weighted by atomic mass is 32.1. The molecule has 0 atom stereocenters. The van der Waals surface area contributed by atoms with E-state index < -0.39 is 11.7 Å². The average Bonchev–Trinajstić information content (AvgIpc) is 3.63. The summed E-state index contributed by atoms with van der Waals surface area (Å²) in [6.45, 7) is 4.46. The molecule has 39 heavy (non-hydrogen) atoms. The van der Waals surface area contributed by atoms with Crippen molar-refractivity contribution in [3.8, 4) is 10.4 Å². The number of carbonyl (C=O) groups is 1. The van der Waals surface area contributed by atoms with E-state index >= 15 is 0 Å². The first-order valence-electron chi connectivity index (χ1n) is 13.7. The van der Waals surface area contributed by atoms with Gasteiger partial charge in [0.05, 0.1) is 15.4 Å². The summed E-state index contributed by atoms with van der Waals surface area (Å²) in [6.07, 6.45) is 7.62. The molecule has 206 valence electrons. The normalized spacial score (nSPS) is 17.7. The summed E-state index contributed by atoms with van der Waals surface area (Å²) in [5.41, 5.74) is 2.03. The van der Waals surface area contributed by atoms with Crippen LogP contribution in [0.5, 0.6) is 0 Å². The number of piperidine rings is 1. The molecule has 0 bridgehead atoms. The molecule has 3 aromatic rings. The van der Waals surface area contributed by atoms with Crippen LogP contribution in [0, 0.1) is 6.92 Å². The van der Waals surface area contributed by atoms with Crippen molar-refractivity contribution in [2.45, 2.75) is 70.3 Å². The van der Waals surface area contributed by atoms with Crippen LogP contribution in [0.25, 0.3) is 16.5 Å². The summed E-state index contributed by atoms with van der Waals surface area (Å²) in [6, 6.07) is 14.0. The second-order valence-electron chi connectivity index (χ2n) is 10.6. The molecule has 1 saturated carbocycles. The second kappa shape index (κ2) is 12.0. The molecule has 0 unspecified atom stereocenters. The molecular formula is C31H34F3N3OS. The van der Waals surface area contributed by atoms with Gasteiger partial charge < -0.3 is 9.80 Å². The molecule has 5 rings (SSSR count). The van der Waals surface area contributed by atoms with Gasteiger partial charge in [-0.25, -0.2) is 4.98 Å². The van der Waals surface area contributed by atoms with Crippen LogP contribution in [0.4, 0.5) is 13.2 Å². The zero-order valence-corrected chi connectivity index (χ0v) is 23.0. The van der Waals surface area contributed by atoms with Gasteiger partial charge in [-0.2, -0.15) is 13.2 Å². The Hall–Kier alpha value is -2.97. The van der Waals surface area contributed by atoms with E-state index in [-0.39, 0.29) is 11.9 Å². The number of hydrogen-bond donors (Lipinski definition) is 0. The number of aromatic nitrogens is 1. The minimum atomic E-state index is -4.38. The molecule has 0 N–H and O–H groups in total. The third kappa shape index (κ3) is 6.97. The van der Waals surface area contributed by atoms with Gasteiger partial charge >= 0.3 is 6.18 Å². The molecule has 2 aliphatic rings. The lowest BCUT2D eigenvalue weighted by Crippen LogP contribution is -2.48. The number of benzene rings is 2. The molecule has 1 aromatic heterocycles. The van der Waals surface area contributed by atoms with E-state index in [1.807, 2.05) is 18.0 Å². The van der Waals surface area contributed by atoms with Gasteiger partial charge in [0.1, 0.15) is 0 Å². The Kier molecular flexibility index (Phi) is 8.52. The van der Waals surface area contributed by atoms with Crippen LogP contribution in [-0.2, 0) is 17.5 Å². The van der Waals surface area contributed by atoms with Crippen molar-refractivity contribution >= 4 is 23.3 Å². The lowest BCUT2D eigenvalue weighted by atomic mass is 9.99. The SMILES string of the molecule is Cc1ncc(-c2ccc(CN(C(=O)/C=C/c3ccc(C(F)(F)F)cc3)C3CCN(C4CCCC4)CC3)cc2)s1. The van der Waals surface area contributed by atoms with Gasteiger partial charge in [-0.15, -0.1) is 11.3 Å². The number of likely N-dealkylation sites (tertiary alicyclic amines) is 1. The number of nitrogens with zero attached hydrogens (tertiary/aromatic N) is 3. The highest BCUT2D eigenvalue weighted by molar-refractivity contribution is 7.15. The fraction of sp³-hybridized carbons (Fsp3) is 0.419. The fourth-order valence-corrected chi connectivity index (χ4v) is 6.51. The van der Waals surface area contributed by atoms with Crippen molar-refractivity contribution in [1.29, 1.82) is 0 Å². The first kappa shape index (κ1) is 27.6. The lowest BCUT2D eigenvalue weighted by molar-refractivity contribution is -0.137. The minimum absolute atomic E-state index is 0.114. The van der Waals surface area contributed by atoms with Crippen molar-refractivity contribution in [2.24, 2.45) is 0 Å². The third-order valence-corrected chi connectivity index (χ3v) is 8.89. The molecule has 8 heteroatoms. The monoisotopic (exact) mass is 553 g/mol. The zero-order chi connectivity index (χ0) is 27.4. The van der Waals surface area contributed by atoms with E-state index in [9.17, 15) is 18.0 Å². The molecule has 1 aliphatic carbocycles. The molecule has 2 aromatic carbocycles. The summed E-state index contributed by atoms with van der Waals surface area (Å²) < 4.78 is 38.7. The van der Waals surface area contributed by atoms with Crippen molar-refractivity contribution in [2.75, 3.05) is 13.1 Å². The fourth-order valence-electron chi connectivity index (χ4n) is 5.73. The Morgan fingerprint density at radius 3 is 2.28 bits per heavy atom. The van der Waals surface area contributed by atoms with Crippen molar-refractivity contribution in [3.63, 3.8) is 0 Å². The summed E-state index contributed by atoms with van der Waals surface area (Å²) >= 11 is 1.65. The number of halogens is 3. The smallest absolute Gasteiger partial charge is 0.332 e. The van der Waals surface area contributed by atoms with Crippen LogP contribution < -0.4 is 0 Å². The van der Waals surface area contributed by atoms with Crippen molar-refractivity contribution in [1.82, 2.24) is 14.8 Å². The topological polar surface area (TPSA) is 36.4 Å². The van der Waals surface area contributed by atoms with Crippen LogP contribution in [0.15, 0.2) is 60.8 Å². The second-order valence-corrected chi connectivity index (χ2v) is 11.8. The summed E-state index contributed by atoms with van der Waals surface area (Å²) in [5, 5.41) is 1.02.